The van der Waals surface area contributed by atoms with Crippen molar-refractivity contribution in [1.29, 1.82) is 0 Å². The first-order valence-corrected chi connectivity index (χ1v) is 14.3. The maximum absolute atomic E-state index is 16.0. The van der Waals surface area contributed by atoms with Gasteiger partial charge in [0.25, 0.3) is 0 Å². The number of nitrogens with zero attached hydrogens (tertiary/aromatic N) is 4. The number of amides is 1. The number of esters is 1. The Kier molecular flexibility index (Phi) is 9.00. The van der Waals surface area contributed by atoms with E-state index in [-0.39, 0.29) is 62.0 Å². The number of aryl methyl sites for hydroxylation is 1. The first-order valence-electron chi connectivity index (χ1n) is 14.3. The van der Waals surface area contributed by atoms with E-state index < -0.39 is 76.9 Å². The zero-order chi connectivity index (χ0) is 32.6. The summed E-state index contributed by atoms with van der Waals surface area (Å²) in [6.45, 7) is 1.87. The molecule has 45 heavy (non-hydrogen) atoms. The number of hydrogen-bond acceptors (Lipinski definition) is 9. The van der Waals surface area contributed by atoms with Crippen LogP contribution >= 0.6 is 0 Å². The Balaban J connectivity index is 1.37. The van der Waals surface area contributed by atoms with Crippen LogP contribution in [0.1, 0.15) is 24.2 Å². The summed E-state index contributed by atoms with van der Waals surface area (Å²) in [4.78, 5) is 53.5. The number of benzene rings is 2. The number of aromatic nitrogens is 1. The van der Waals surface area contributed by atoms with E-state index in [0.29, 0.717) is 0 Å². The third-order valence-electron chi connectivity index (χ3n) is 7.93. The Morgan fingerprint density at radius 3 is 2.38 bits per heavy atom. The zero-order valence-electron chi connectivity index (χ0n) is 24.5. The van der Waals surface area contributed by atoms with Crippen LogP contribution < -0.4 is 25.9 Å². The number of Topliss-reactive ketones (excluding diaryl/α,β-unsaturated/α-hetero) is 1. The molecule has 2 saturated heterocycles. The van der Waals surface area contributed by atoms with Gasteiger partial charge in [-0.1, -0.05) is 0 Å². The van der Waals surface area contributed by atoms with Gasteiger partial charge in [0, 0.05) is 32.4 Å². The van der Waals surface area contributed by atoms with Gasteiger partial charge >= 0.3 is 12.1 Å². The largest absolute Gasteiger partial charge is 0.462 e. The number of nitrogens with two attached hydrogens (primary N) is 1. The van der Waals surface area contributed by atoms with Gasteiger partial charge in [0.15, 0.2) is 5.82 Å². The maximum atomic E-state index is 16.0. The molecule has 11 nitrogen and oxygen atoms in total. The highest BCUT2D eigenvalue weighted by molar-refractivity contribution is 5.95. The van der Waals surface area contributed by atoms with Crippen LogP contribution in [0.15, 0.2) is 35.3 Å². The Morgan fingerprint density at radius 2 is 1.76 bits per heavy atom. The first kappa shape index (κ1) is 31.8. The molecular formula is C30H31F4N5O6. The lowest BCUT2D eigenvalue weighted by Gasteiger charge is -2.38. The van der Waals surface area contributed by atoms with Crippen molar-refractivity contribution in [3.05, 3.63) is 63.7 Å². The number of rotatable bonds is 9. The summed E-state index contributed by atoms with van der Waals surface area (Å²) < 4.78 is 71.2. The average molecular weight is 634 g/mol. The van der Waals surface area contributed by atoms with E-state index in [1.54, 1.807) is 4.90 Å². The zero-order valence-corrected chi connectivity index (χ0v) is 24.5. The third-order valence-corrected chi connectivity index (χ3v) is 7.93. The molecular weight excluding hydrogens is 602 g/mol. The van der Waals surface area contributed by atoms with E-state index >= 15 is 13.2 Å². The SMILES string of the molecule is CCOC(=O)c1cn(CCF)c2c(F)c(N3CCN(c4ccc(N5CC([C@H](N)C(C)=O)OC5=O)cc4F)CC3)c(F)cc2c1=O. The minimum absolute atomic E-state index is 0.0246. The van der Waals surface area contributed by atoms with E-state index in [2.05, 4.69) is 0 Å². The van der Waals surface area contributed by atoms with Crippen LogP contribution in [0.3, 0.4) is 0 Å². The molecule has 0 radical (unpaired) electrons. The minimum Gasteiger partial charge on any atom is -0.462 e. The van der Waals surface area contributed by atoms with Crippen LogP contribution in [0, 0.1) is 17.5 Å². The number of anilines is 3. The molecule has 2 aromatic carbocycles. The van der Waals surface area contributed by atoms with E-state index in [4.69, 9.17) is 15.2 Å². The summed E-state index contributed by atoms with van der Waals surface area (Å²) in [6, 6.07) is 3.97. The third kappa shape index (κ3) is 5.91. The number of ether oxygens (including phenoxy) is 2. The minimum atomic E-state index is -1.09. The number of carbonyl (C=O) groups excluding carboxylic acids is 3. The van der Waals surface area contributed by atoms with Crippen molar-refractivity contribution in [2.24, 2.45) is 5.73 Å². The Hall–Kier alpha value is -4.66. The second-order valence-electron chi connectivity index (χ2n) is 10.7. The van der Waals surface area contributed by atoms with E-state index in [0.717, 1.165) is 22.9 Å². The fourth-order valence-electron chi connectivity index (χ4n) is 5.62. The van der Waals surface area contributed by atoms with Crippen molar-refractivity contribution in [1.82, 2.24) is 4.57 Å². The van der Waals surface area contributed by atoms with Gasteiger partial charge in [-0.25, -0.2) is 27.2 Å². The maximum Gasteiger partial charge on any atom is 0.414 e. The monoisotopic (exact) mass is 633 g/mol. The highest BCUT2D eigenvalue weighted by Gasteiger charge is 2.38. The molecule has 0 spiro atoms. The van der Waals surface area contributed by atoms with Gasteiger partial charge in [-0.2, -0.15) is 0 Å². The molecule has 2 atom stereocenters. The molecule has 0 bridgehead atoms. The predicted octanol–water partition coefficient (Wildman–Crippen LogP) is 3.13. The van der Waals surface area contributed by atoms with Gasteiger partial charge in [-0.3, -0.25) is 14.5 Å². The first-order chi connectivity index (χ1) is 21.5. The fourth-order valence-corrected chi connectivity index (χ4v) is 5.62. The second-order valence-corrected chi connectivity index (χ2v) is 10.7. The molecule has 2 aliphatic rings. The number of carbonyl (C=O) groups is 3. The summed E-state index contributed by atoms with van der Waals surface area (Å²) in [5.74, 6) is -4.12. The summed E-state index contributed by atoms with van der Waals surface area (Å²) in [5.41, 5.74) is 4.02. The topological polar surface area (TPSA) is 127 Å². The van der Waals surface area contributed by atoms with Gasteiger partial charge in [-0.15, -0.1) is 0 Å². The van der Waals surface area contributed by atoms with Crippen molar-refractivity contribution in [2.75, 3.05) is 60.7 Å². The van der Waals surface area contributed by atoms with E-state index in [1.807, 2.05) is 0 Å². The molecule has 2 aliphatic heterocycles. The van der Waals surface area contributed by atoms with Crippen LogP contribution in [0.5, 0.6) is 0 Å². The van der Waals surface area contributed by atoms with E-state index in [9.17, 15) is 23.6 Å². The molecule has 2 N–H and O–H groups in total. The van der Waals surface area contributed by atoms with Crippen LogP contribution in [-0.2, 0) is 20.8 Å². The van der Waals surface area contributed by atoms with Gasteiger partial charge in [0.2, 0.25) is 5.43 Å². The summed E-state index contributed by atoms with van der Waals surface area (Å²) in [6.07, 6.45) is -0.615. The lowest BCUT2D eigenvalue weighted by molar-refractivity contribution is -0.120. The molecule has 3 aromatic rings. The quantitative estimate of drug-likeness (QED) is 0.279. The number of ketones is 1. The van der Waals surface area contributed by atoms with Crippen molar-refractivity contribution < 1.29 is 41.4 Å². The van der Waals surface area contributed by atoms with Crippen LogP contribution in [0.4, 0.5) is 39.4 Å². The summed E-state index contributed by atoms with van der Waals surface area (Å²) in [7, 11) is 0. The second kappa shape index (κ2) is 12.8. The summed E-state index contributed by atoms with van der Waals surface area (Å²) in [5, 5.41) is -0.426. The predicted molar refractivity (Wildman–Crippen MR) is 157 cm³/mol. The van der Waals surface area contributed by atoms with Crippen LogP contribution in [0.25, 0.3) is 10.9 Å². The number of hydrogen-bond donors (Lipinski definition) is 1. The van der Waals surface area contributed by atoms with Crippen LogP contribution in [0.2, 0.25) is 0 Å². The molecule has 1 unspecified atom stereocenters. The standard InChI is InChI=1S/C30H31F4N5O6/c1-3-44-29(42)19-14-38(7-6-31)26-18(28(19)41)13-21(33)27(24(26)34)37-10-8-36(9-11-37)22-5-4-17(12-20(22)32)39-15-23(45-30(39)43)25(35)16(2)40/h4-5,12-14,23,25H,3,6-11,15,35H2,1-2H3/t23?,25-/m1/s1. The normalized spacial score (nSPS) is 17.5. The lowest BCUT2D eigenvalue weighted by Crippen LogP contribution is -2.47. The van der Waals surface area contributed by atoms with Gasteiger partial charge in [0.1, 0.15) is 47.5 Å². The molecule has 0 aliphatic carbocycles. The highest BCUT2D eigenvalue weighted by Crippen LogP contribution is 2.33. The smallest absolute Gasteiger partial charge is 0.414 e. The molecule has 15 heteroatoms. The van der Waals surface area contributed by atoms with Crippen molar-refractivity contribution >= 4 is 45.8 Å². The van der Waals surface area contributed by atoms with Crippen molar-refractivity contribution in [3.8, 4) is 0 Å². The van der Waals surface area contributed by atoms with Crippen molar-refractivity contribution in [3.63, 3.8) is 0 Å². The van der Waals surface area contributed by atoms with Gasteiger partial charge in [-0.05, 0) is 38.1 Å². The Labute approximate surface area is 254 Å². The molecule has 2 fully saturated rings. The fraction of sp³-hybridized carbons (Fsp3) is 0.400. The van der Waals surface area contributed by atoms with Gasteiger partial charge < -0.3 is 29.6 Å². The number of alkyl halides is 1. The number of piperazine rings is 1. The van der Waals surface area contributed by atoms with Crippen molar-refractivity contribution in [2.45, 2.75) is 32.5 Å². The number of halogens is 4. The molecule has 5 rings (SSSR count). The lowest BCUT2D eigenvalue weighted by atomic mass is 10.1. The molecule has 1 aromatic heterocycles. The molecule has 240 valence electrons. The summed E-state index contributed by atoms with van der Waals surface area (Å²) >= 11 is 0. The number of fused-ring (bicyclic) bond motifs is 1. The number of cyclic esters (lactones) is 1. The highest BCUT2D eigenvalue weighted by atomic mass is 19.1. The Morgan fingerprint density at radius 1 is 1.07 bits per heavy atom. The average Bonchev–Trinajstić information content (AvgIpc) is 3.39. The van der Waals surface area contributed by atoms with Crippen LogP contribution in [-0.4, -0.2) is 80.6 Å². The Bertz CT molecular complexity index is 1730. The molecule has 3 heterocycles. The molecule has 0 saturated carbocycles. The van der Waals surface area contributed by atoms with E-state index in [1.165, 1.54) is 35.8 Å². The van der Waals surface area contributed by atoms with Gasteiger partial charge in [0.05, 0.1) is 42.0 Å². The molecule has 1 amide bonds. The number of pyridine rings is 1.